The monoisotopic (exact) mass is 397 g/mol. The summed E-state index contributed by atoms with van der Waals surface area (Å²) in [5.74, 6) is 0.425. The van der Waals surface area contributed by atoms with Crippen molar-refractivity contribution in [2.45, 2.75) is 36.7 Å². The Morgan fingerprint density at radius 2 is 2.19 bits per heavy atom. The summed E-state index contributed by atoms with van der Waals surface area (Å²) in [5, 5.41) is 11.1. The van der Waals surface area contributed by atoms with E-state index in [2.05, 4.69) is 4.99 Å². The minimum absolute atomic E-state index is 0.0110. The van der Waals surface area contributed by atoms with Gasteiger partial charge < -0.3 is 14.4 Å². The van der Waals surface area contributed by atoms with Crippen LogP contribution >= 0.6 is 11.6 Å². The fourth-order valence-electron chi connectivity index (χ4n) is 3.82. The van der Waals surface area contributed by atoms with E-state index in [4.69, 9.17) is 16.3 Å². The molecule has 2 aliphatic heterocycles. The molecule has 7 nitrogen and oxygen atoms in total. The van der Waals surface area contributed by atoms with Gasteiger partial charge in [-0.25, -0.2) is 13.4 Å². The lowest BCUT2D eigenvalue weighted by molar-refractivity contribution is 0.149. The first-order chi connectivity index (χ1) is 12.4. The van der Waals surface area contributed by atoms with Crippen LogP contribution in [0.1, 0.15) is 19.3 Å². The van der Waals surface area contributed by atoms with E-state index in [1.807, 2.05) is 4.57 Å². The van der Waals surface area contributed by atoms with Crippen molar-refractivity contribution in [3.63, 3.8) is 0 Å². The van der Waals surface area contributed by atoms with Crippen molar-refractivity contribution in [1.82, 2.24) is 8.87 Å². The van der Waals surface area contributed by atoms with Crippen LogP contribution in [-0.2, 0) is 21.3 Å². The number of aromatic nitrogens is 1. The molecule has 140 valence electrons. The molecule has 9 heteroatoms. The predicted octanol–water partition coefficient (Wildman–Crippen LogP) is 2.91. The Morgan fingerprint density at radius 3 is 2.96 bits per heavy atom. The number of benzene rings is 1. The first-order valence-corrected chi connectivity index (χ1v) is 10.3. The Morgan fingerprint density at radius 1 is 1.38 bits per heavy atom. The number of fused-ring (bicyclic) bond motifs is 3. The fourth-order valence-corrected chi connectivity index (χ4v) is 6.03. The van der Waals surface area contributed by atoms with Gasteiger partial charge in [-0.2, -0.15) is 4.31 Å². The minimum atomic E-state index is -3.79. The van der Waals surface area contributed by atoms with Gasteiger partial charge in [0.1, 0.15) is 4.90 Å². The second kappa shape index (κ2) is 6.53. The molecule has 1 fully saturated rings. The highest BCUT2D eigenvalue weighted by Crippen LogP contribution is 2.43. The molecule has 1 saturated heterocycles. The zero-order valence-electron chi connectivity index (χ0n) is 14.4. The van der Waals surface area contributed by atoms with Crippen molar-refractivity contribution >= 4 is 44.6 Å². The zero-order valence-corrected chi connectivity index (χ0v) is 15.9. The Balaban J connectivity index is 1.85. The number of aryl methyl sites for hydroxylation is 1. The van der Waals surface area contributed by atoms with Gasteiger partial charge in [-0.1, -0.05) is 11.6 Å². The predicted molar refractivity (Wildman–Crippen MR) is 100 cm³/mol. The number of halogens is 1. The van der Waals surface area contributed by atoms with E-state index in [0.29, 0.717) is 36.4 Å². The van der Waals surface area contributed by atoms with Crippen LogP contribution in [0.25, 0.3) is 10.9 Å². The second-order valence-corrected chi connectivity index (χ2v) is 8.86. The lowest BCUT2D eigenvalue weighted by atomic mass is 10.2. The molecule has 2 aliphatic rings. The SMILES string of the molecule is COC[C@@H]1CCCN1S(=O)(=O)c1cc2c(O)c3n(c2cc1Cl)CCC=N3. The zero-order chi connectivity index (χ0) is 18.5. The van der Waals surface area contributed by atoms with E-state index >= 15 is 0 Å². The van der Waals surface area contributed by atoms with Crippen molar-refractivity contribution in [1.29, 1.82) is 0 Å². The molecule has 1 N–H and O–H groups in total. The summed E-state index contributed by atoms with van der Waals surface area (Å²) in [7, 11) is -2.23. The van der Waals surface area contributed by atoms with E-state index in [9.17, 15) is 13.5 Å². The maximum Gasteiger partial charge on any atom is 0.244 e. The maximum absolute atomic E-state index is 13.2. The molecule has 0 bridgehead atoms. The van der Waals surface area contributed by atoms with Crippen LogP contribution in [0.4, 0.5) is 5.82 Å². The lowest BCUT2D eigenvalue weighted by Crippen LogP contribution is -2.38. The molecular formula is C17H20ClN3O4S. The van der Waals surface area contributed by atoms with Crippen molar-refractivity contribution < 1.29 is 18.3 Å². The highest BCUT2D eigenvalue weighted by Gasteiger charge is 2.37. The standard InChI is InChI=1S/C17H20ClN3O4S/c1-25-10-11-4-2-7-21(11)26(23,24)15-8-12-14(9-13(15)18)20-6-3-5-19-17(20)16(12)22/h5,8-9,11,22H,2-4,6-7,10H2,1H3/t11-/m0/s1. The summed E-state index contributed by atoms with van der Waals surface area (Å²) in [6.45, 7) is 1.45. The van der Waals surface area contributed by atoms with Crippen molar-refractivity contribution in [2.24, 2.45) is 4.99 Å². The number of hydrogen-bond acceptors (Lipinski definition) is 5. The van der Waals surface area contributed by atoms with Gasteiger partial charge in [-0.15, -0.1) is 0 Å². The highest BCUT2D eigenvalue weighted by atomic mass is 35.5. The molecule has 1 aromatic carbocycles. The number of ether oxygens (including phenoxy) is 1. The number of methoxy groups -OCH3 is 1. The molecule has 1 atom stereocenters. The van der Waals surface area contributed by atoms with E-state index in [-0.39, 0.29) is 21.7 Å². The van der Waals surface area contributed by atoms with Gasteiger partial charge >= 0.3 is 0 Å². The number of rotatable bonds is 4. The molecule has 0 amide bonds. The molecule has 0 spiro atoms. The first kappa shape index (κ1) is 17.8. The third-order valence-electron chi connectivity index (χ3n) is 5.03. The quantitative estimate of drug-likeness (QED) is 0.859. The average molecular weight is 398 g/mol. The van der Waals surface area contributed by atoms with E-state index in [1.54, 1.807) is 19.4 Å². The van der Waals surface area contributed by atoms with Gasteiger partial charge in [0.25, 0.3) is 0 Å². The summed E-state index contributed by atoms with van der Waals surface area (Å²) >= 11 is 6.37. The summed E-state index contributed by atoms with van der Waals surface area (Å²) in [4.78, 5) is 4.24. The van der Waals surface area contributed by atoms with Crippen LogP contribution in [0.15, 0.2) is 22.0 Å². The lowest BCUT2D eigenvalue weighted by Gasteiger charge is -2.24. The molecule has 0 aliphatic carbocycles. The Labute approximate surface area is 156 Å². The first-order valence-electron chi connectivity index (χ1n) is 8.53. The fraction of sp³-hybridized carbons (Fsp3) is 0.471. The largest absolute Gasteiger partial charge is 0.504 e. The van der Waals surface area contributed by atoms with E-state index in [1.165, 1.54) is 10.4 Å². The molecule has 0 unspecified atom stereocenters. The van der Waals surface area contributed by atoms with Gasteiger partial charge in [-0.3, -0.25) is 0 Å². The molecule has 4 rings (SSSR count). The van der Waals surface area contributed by atoms with Crippen LogP contribution in [0.3, 0.4) is 0 Å². The van der Waals surface area contributed by atoms with Crippen LogP contribution in [-0.4, -0.2) is 54.9 Å². The molecular weight excluding hydrogens is 378 g/mol. The smallest absolute Gasteiger partial charge is 0.244 e. The van der Waals surface area contributed by atoms with Gasteiger partial charge in [0.15, 0.2) is 11.6 Å². The molecule has 3 heterocycles. The third-order valence-corrected chi connectivity index (χ3v) is 7.44. The molecule has 0 saturated carbocycles. The van der Waals surface area contributed by atoms with Crippen molar-refractivity contribution in [2.75, 3.05) is 20.3 Å². The summed E-state index contributed by atoms with van der Waals surface area (Å²) in [5.41, 5.74) is 0.688. The minimum Gasteiger partial charge on any atom is -0.504 e. The van der Waals surface area contributed by atoms with Gasteiger partial charge in [0, 0.05) is 44.3 Å². The molecule has 0 radical (unpaired) electrons. The maximum atomic E-state index is 13.2. The van der Waals surface area contributed by atoms with Crippen molar-refractivity contribution in [3.8, 4) is 5.75 Å². The number of aromatic hydroxyl groups is 1. The van der Waals surface area contributed by atoms with Crippen LogP contribution in [0, 0.1) is 0 Å². The van der Waals surface area contributed by atoms with Crippen LogP contribution < -0.4 is 0 Å². The normalized spacial score (nSPS) is 20.8. The molecule has 1 aromatic heterocycles. The third kappa shape index (κ3) is 2.63. The van der Waals surface area contributed by atoms with Gasteiger partial charge in [-0.05, 0) is 25.0 Å². The number of sulfonamides is 1. The van der Waals surface area contributed by atoms with Crippen LogP contribution in [0.2, 0.25) is 5.02 Å². The van der Waals surface area contributed by atoms with Gasteiger partial charge in [0.2, 0.25) is 10.0 Å². The Bertz CT molecular complexity index is 999. The number of aliphatic imine (C=N–C) groups is 1. The topological polar surface area (TPSA) is 84.1 Å². The highest BCUT2D eigenvalue weighted by molar-refractivity contribution is 7.89. The molecule has 2 aromatic rings. The van der Waals surface area contributed by atoms with Crippen molar-refractivity contribution in [3.05, 3.63) is 17.2 Å². The summed E-state index contributed by atoms with van der Waals surface area (Å²) < 4.78 is 34.9. The molecule has 26 heavy (non-hydrogen) atoms. The van der Waals surface area contributed by atoms with Gasteiger partial charge in [0.05, 0.1) is 17.1 Å². The van der Waals surface area contributed by atoms with E-state index in [0.717, 1.165) is 19.3 Å². The van der Waals surface area contributed by atoms with Crippen LogP contribution in [0.5, 0.6) is 5.75 Å². The second-order valence-electron chi connectivity index (χ2n) is 6.59. The number of nitrogens with zero attached hydrogens (tertiary/aromatic N) is 3. The van der Waals surface area contributed by atoms with E-state index < -0.39 is 10.0 Å². The Hall–Kier alpha value is -1.61. The summed E-state index contributed by atoms with van der Waals surface area (Å²) in [6.07, 6.45) is 4.04. The summed E-state index contributed by atoms with van der Waals surface area (Å²) in [6, 6.07) is 2.87. The number of hydrogen-bond donors (Lipinski definition) is 1. The average Bonchev–Trinajstić information content (AvgIpc) is 3.19. The Kier molecular flexibility index (Phi) is 4.46.